The SMILES string of the molecule is CCC.CCC1/C=C\C/C=C/C=C\C=C/1c1ccccc1-c1ccc2c(c1)c1c(n2-c2cccc(C)c2)/C=C\C=C\CCC1. The summed E-state index contributed by atoms with van der Waals surface area (Å²) >= 11 is 0. The lowest BCUT2D eigenvalue weighted by atomic mass is 9.84. The lowest BCUT2D eigenvalue weighted by Gasteiger charge is -2.20. The molecule has 4 aromatic rings. The smallest absolute Gasteiger partial charge is 0.0538 e. The molecule has 224 valence electrons. The summed E-state index contributed by atoms with van der Waals surface area (Å²) in [6, 6.07) is 25.0. The molecule has 1 heterocycles. The average molecular weight is 578 g/mol. The standard InChI is InChI=1S/C40H39N.C3H8/c1-3-31-19-11-7-4-5-8-12-21-34(31)36-23-16-15-22-35(36)32-26-27-40-38(29-32)37-24-13-9-6-10-14-25-39(37)41(40)33-20-17-18-30(2)28-33;1-3-2/h4-6,8,10-12,14-23,25-29,31H,3,7,9,13,24H2,1-2H3;3H2,1-2H3/b5-4+,10-6+,12-8-,19-11-,25-14-,34-21+;. The van der Waals surface area contributed by atoms with E-state index in [1.807, 2.05) is 0 Å². The van der Waals surface area contributed by atoms with Gasteiger partial charge in [0.25, 0.3) is 0 Å². The minimum atomic E-state index is 0.375. The third-order valence-electron chi connectivity index (χ3n) is 8.33. The first-order valence-corrected chi connectivity index (χ1v) is 16.5. The summed E-state index contributed by atoms with van der Waals surface area (Å²) in [6.45, 7) is 8.72. The van der Waals surface area contributed by atoms with E-state index in [2.05, 4.69) is 166 Å². The third kappa shape index (κ3) is 7.05. The molecule has 1 heteroatoms. The van der Waals surface area contributed by atoms with E-state index in [1.54, 1.807) is 0 Å². The van der Waals surface area contributed by atoms with E-state index in [0.717, 1.165) is 32.1 Å². The summed E-state index contributed by atoms with van der Waals surface area (Å²) in [6.07, 6.45) is 31.3. The van der Waals surface area contributed by atoms with Gasteiger partial charge in [0.2, 0.25) is 0 Å². The zero-order valence-corrected chi connectivity index (χ0v) is 27.0. The molecule has 44 heavy (non-hydrogen) atoms. The number of rotatable bonds is 4. The van der Waals surface area contributed by atoms with Crippen molar-refractivity contribution in [3.05, 3.63) is 150 Å². The first-order chi connectivity index (χ1) is 21.7. The third-order valence-corrected chi connectivity index (χ3v) is 8.33. The van der Waals surface area contributed by atoms with Crippen LogP contribution in [-0.4, -0.2) is 4.57 Å². The molecule has 1 nitrogen and oxygen atoms in total. The second-order valence-corrected chi connectivity index (χ2v) is 11.8. The highest BCUT2D eigenvalue weighted by molar-refractivity contribution is 5.95. The molecule has 2 aliphatic carbocycles. The first kappa shape index (κ1) is 31.1. The van der Waals surface area contributed by atoms with Crippen molar-refractivity contribution in [2.24, 2.45) is 5.92 Å². The van der Waals surface area contributed by atoms with Gasteiger partial charge in [-0.15, -0.1) is 0 Å². The van der Waals surface area contributed by atoms with Crippen LogP contribution in [0.15, 0.2) is 127 Å². The zero-order valence-electron chi connectivity index (χ0n) is 27.0. The van der Waals surface area contributed by atoms with Crippen LogP contribution < -0.4 is 0 Å². The molecule has 0 aliphatic heterocycles. The molecule has 0 N–H and O–H groups in total. The quantitative estimate of drug-likeness (QED) is 0.213. The number of nitrogens with zero attached hydrogens (tertiary/aromatic N) is 1. The van der Waals surface area contributed by atoms with Crippen molar-refractivity contribution < 1.29 is 0 Å². The van der Waals surface area contributed by atoms with Crippen LogP contribution in [-0.2, 0) is 6.42 Å². The molecule has 1 atom stereocenters. The normalized spacial score (nSPS) is 21.2. The molecule has 0 saturated carbocycles. The Morgan fingerprint density at radius 1 is 0.773 bits per heavy atom. The molecule has 0 bridgehead atoms. The Balaban J connectivity index is 0.00000123. The van der Waals surface area contributed by atoms with Crippen molar-refractivity contribution in [1.82, 2.24) is 4.57 Å². The van der Waals surface area contributed by atoms with Crippen LogP contribution in [0.25, 0.3) is 39.4 Å². The van der Waals surface area contributed by atoms with E-state index in [9.17, 15) is 0 Å². The van der Waals surface area contributed by atoms with Crippen LogP contribution in [0.2, 0.25) is 0 Å². The Hall–Kier alpha value is -4.36. The van der Waals surface area contributed by atoms with Gasteiger partial charge >= 0.3 is 0 Å². The molecule has 2 aliphatic rings. The Labute approximate surface area is 265 Å². The largest absolute Gasteiger partial charge is 0.310 e. The summed E-state index contributed by atoms with van der Waals surface area (Å²) in [4.78, 5) is 0. The van der Waals surface area contributed by atoms with Gasteiger partial charge in [0, 0.05) is 17.0 Å². The van der Waals surface area contributed by atoms with Crippen LogP contribution in [0.5, 0.6) is 0 Å². The molecular formula is C43H47N. The molecule has 0 amide bonds. The van der Waals surface area contributed by atoms with E-state index >= 15 is 0 Å². The molecule has 0 fully saturated rings. The van der Waals surface area contributed by atoms with Crippen molar-refractivity contribution in [2.45, 2.75) is 66.2 Å². The number of fused-ring (bicyclic) bond motifs is 3. The Bertz CT molecular complexity index is 1750. The fourth-order valence-electron chi connectivity index (χ4n) is 6.31. The summed E-state index contributed by atoms with van der Waals surface area (Å²) in [5.74, 6) is 0.375. The van der Waals surface area contributed by atoms with E-state index in [-0.39, 0.29) is 0 Å². The zero-order chi connectivity index (χ0) is 30.7. The minimum absolute atomic E-state index is 0.375. The van der Waals surface area contributed by atoms with Crippen molar-refractivity contribution in [3.8, 4) is 16.8 Å². The first-order valence-electron chi connectivity index (χ1n) is 16.5. The topological polar surface area (TPSA) is 4.93 Å². The lowest BCUT2D eigenvalue weighted by molar-refractivity contribution is 0.790. The second-order valence-electron chi connectivity index (χ2n) is 11.8. The molecule has 3 aromatic carbocycles. The number of hydrogen-bond acceptors (Lipinski definition) is 0. The molecular weight excluding hydrogens is 530 g/mol. The number of aromatic nitrogens is 1. The summed E-state index contributed by atoms with van der Waals surface area (Å²) in [5, 5.41) is 1.36. The molecule has 6 rings (SSSR count). The van der Waals surface area contributed by atoms with E-state index in [1.165, 1.54) is 62.1 Å². The molecule has 0 radical (unpaired) electrons. The summed E-state index contributed by atoms with van der Waals surface area (Å²) in [5.41, 5.74) is 11.8. The number of allylic oxidation sites excluding steroid dienone is 11. The highest BCUT2D eigenvalue weighted by atomic mass is 15.0. The summed E-state index contributed by atoms with van der Waals surface area (Å²) < 4.78 is 2.46. The van der Waals surface area contributed by atoms with Crippen LogP contribution in [0.4, 0.5) is 0 Å². The van der Waals surface area contributed by atoms with Crippen LogP contribution in [0.3, 0.4) is 0 Å². The molecule has 0 saturated heterocycles. The highest BCUT2D eigenvalue weighted by Gasteiger charge is 2.20. The average Bonchev–Trinajstić information content (AvgIpc) is 3.40. The van der Waals surface area contributed by atoms with Crippen LogP contribution in [0.1, 0.15) is 75.3 Å². The summed E-state index contributed by atoms with van der Waals surface area (Å²) in [7, 11) is 0. The number of aryl methyl sites for hydroxylation is 2. The maximum atomic E-state index is 2.46. The highest BCUT2D eigenvalue weighted by Crippen LogP contribution is 2.39. The van der Waals surface area contributed by atoms with Gasteiger partial charge in [-0.25, -0.2) is 0 Å². The monoisotopic (exact) mass is 577 g/mol. The fraction of sp³-hybridized carbons (Fsp3) is 0.256. The van der Waals surface area contributed by atoms with Crippen LogP contribution in [0, 0.1) is 12.8 Å². The Morgan fingerprint density at radius 2 is 1.59 bits per heavy atom. The van der Waals surface area contributed by atoms with Gasteiger partial charge < -0.3 is 4.57 Å². The molecule has 1 unspecified atom stereocenters. The van der Waals surface area contributed by atoms with E-state index in [0.29, 0.717) is 5.92 Å². The van der Waals surface area contributed by atoms with Gasteiger partial charge in [-0.3, -0.25) is 0 Å². The Kier molecular flexibility index (Phi) is 10.9. The molecule has 1 aromatic heterocycles. The predicted octanol–water partition coefficient (Wildman–Crippen LogP) is 12.4. The predicted molar refractivity (Wildman–Crippen MR) is 194 cm³/mol. The minimum Gasteiger partial charge on any atom is -0.310 e. The molecule has 0 spiro atoms. The van der Waals surface area contributed by atoms with Crippen molar-refractivity contribution in [2.75, 3.05) is 0 Å². The fourth-order valence-corrected chi connectivity index (χ4v) is 6.31. The van der Waals surface area contributed by atoms with Crippen LogP contribution >= 0.6 is 0 Å². The maximum absolute atomic E-state index is 2.46. The van der Waals surface area contributed by atoms with Gasteiger partial charge in [0.15, 0.2) is 0 Å². The van der Waals surface area contributed by atoms with E-state index < -0.39 is 0 Å². The van der Waals surface area contributed by atoms with Gasteiger partial charge in [-0.2, -0.15) is 0 Å². The van der Waals surface area contributed by atoms with Crippen molar-refractivity contribution in [3.63, 3.8) is 0 Å². The van der Waals surface area contributed by atoms with Gasteiger partial charge in [0.05, 0.1) is 11.2 Å². The second kappa shape index (κ2) is 15.4. The van der Waals surface area contributed by atoms with Crippen molar-refractivity contribution in [1.29, 1.82) is 0 Å². The van der Waals surface area contributed by atoms with Gasteiger partial charge in [0.1, 0.15) is 0 Å². The van der Waals surface area contributed by atoms with E-state index in [4.69, 9.17) is 0 Å². The van der Waals surface area contributed by atoms with Gasteiger partial charge in [-0.1, -0.05) is 130 Å². The lowest BCUT2D eigenvalue weighted by Crippen LogP contribution is -2.01. The van der Waals surface area contributed by atoms with Crippen molar-refractivity contribution >= 4 is 22.6 Å². The maximum Gasteiger partial charge on any atom is 0.0538 e. The number of benzene rings is 3. The number of hydrogen-bond donors (Lipinski definition) is 0. The Morgan fingerprint density at radius 3 is 2.41 bits per heavy atom. The van der Waals surface area contributed by atoms with Gasteiger partial charge in [-0.05, 0) is 103 Å².